The molecule has 0 spiro atoms. The fourth-order valence-electron chi connectivity index (χ4n) is 2.13. The van der Waals surface area contributed by atoms with Crippen LogP contribution < -0.4 is 10.6 Å². The fourth-order valence-corrected chi connectivity index (χ4v) is 2.13. The molecule has 0 heterocycles. The number of nitrogens with zero attached hydrogens (tertiary/aromatic N) is 1. The topological polar surface area (TPSA) is 29.3 Å². The van der Waals surface area contributed by atoms with Crippen molar-refractivity contribution in [2.75, 3.05) is 17.7 Å². The zero-order chi connectivity index (χ0) is 14.7. The highest BCUT2D eigenvalue weighted by Gasteiger charge is 2.12. The van der Waals surface area contributed by atoms with E-state index in [1.54, 1.807) is 11.9 Å². The Balaban J connectivity index is 2.21. The Bertz CT molecular complexity index is 594. The molecule has 0 saturated carbocycles. The first-order valence-electron chi connectivity index (χ1n) is 6.54. The maximum atomic E-state index is 13.4. The van der Waals surface area contributed by atoms with E-state index in [1.807, 2.05) is 12.1 Å². The van der Waals surface area contributed by atoms with Crippen LogP contribution >= 0.6 is 0 Å². The van der Waals surface area contributed by atoms with Crippen LogP contribution in [0.1, 0.15) is 18.1 Å². The lowest BCUT2D eigenvalue weighted by atomic mass is 10.1. The van der Waals surface area contributed by atoms with Crippen molar-refractivity contribution < 1.29 is 8.78 Å². The van der Waals surface area contributed by atoms with Gasteiger partial charge in [0.05, 0.1) is 11.4 Å². The summed E-state index contributed by atoms with van der Waals surface area (Å²) in [6, 6.07) is 10.2. The van der Waals surface area contributed by atoms with E-state index in [-0.39, 0.29) is 5.69 Å². The lowest BCUT2D eigenvalue weighted by molar-refractivity contribution is 0.585. The van der Waals surface area contributed by atoms with Crippen molar-refractivity contribution in [2.24, 2.45) is 0 Å². The molecule has 0 unspecified atom stereocenters. The first-order valence-corrected chi connectivity index (χ1v) is 6.54. The summed E-state index contributed by atoms with van der Waals surface area (Å²) >= 11 is 0. The summed E-state index contributed by atoms with van der Waals surface area (Å²) < 4.78 is 26.7. The largest absolute Gasteiger partial charge is 0.395 e. The molecule has 2 nitrogen and oxygen atoms in total. The molecule has 2 aromatic carbocycles. The summed E-state index contributed by atoms with van der Waals surface area (Å²) in [5.74, 6) is -1.35. The third kappa shape index (κ3) is 3.07. The Kier molecular flexibility index (Phi) is 4.23. The number of hydrogen-bond acceptors (Lipinski definition) is 2. The van der Waals surface area contributed by atoms with Crippen LogP contribution in [0.3, 0.4) is 0 Å². The highest BCUT2D eigenvalue weighted by atomic mass is 19.1. The van der Waals surface area contributed by atoms with Crippen molar-refractivity contribution in [3.05, 3.63) is 59.2 Å². The predicted molar refractivity (Wildman–Crippen MR) is 78.7 cm³/mol. The number of nitrogens with two attached hydrogens (primary N) is 1. The summed E-state index contributed by atoms with van der Waals surface area (Å²) in [6.07, 6.45) is 0.984. The molecule has 4 heteroatoms. The minimum atomic E-state index is -0.729. The molecule has 0 amide bonds. The first-order chi connectivity index (χ1) is 9.51. The summed E-state index contributed by atoms with van der Waals surface area (Å²) in [7, 11) is 1.76. The van der Waals surface area contributed by atoms with E-state index in [4.69, 9.17) is 5.73 Å². The molecule has 20 heavy (non-hydrogen) atoms. The number of hydrogen-bond donors (Lipinski definition) is 1. The third-order valence-corrected chi connectivity index (χ3v) is 3.33. The fraction of sp³-hybridized carbons (Fsp3) is 0.250. The van der Waals surface area contributed by atoms with E-state index >= 15 is 0 Å². The second kappa shape index (κ2) is 5.90. The monoisotopic (exact) mass is 276 g/mol. The third-order valence-electron chi connectivity index (χ3n) is 3.33. The molecule has 0 fully saturated rings. The van der Waals surface area contributed by atoms with Gasteiger partial charge in [0.25, 0.3) is 0 Å². The predicted octanol–water partition coefficient (Wildman–Crippen LogP) is 3.75. The lowest BCUT2D eigenvalue weighted by Gasteiger charge is -2.21. The van der Waals surface area contributed by atoms with Crippen LogP contribution in [0.4, 0.5) is 20.2 Å². The molecular formula is C16H18F2N2. The number of benzene rings is 2. The van der Waals surface area contributed by atoms with Crippen LogP contribution in [-0.2, 0) is 13.0 Å². The number of aryl methyl sites for hydroxylation is 1. The van der Waals surface area contributed by atoms with Crippen molar-refractivity contribution in [1.29, 1.82) is 0 Å². The van der Waals surface area contributed by atoms with Crippen LogP contribution in [0.15, 0.2) is 36.4 Å². The Morgan fingerprint density at radius 3 is 2.25 bits per heavy atom. The molecule has 0 aliphatic heterocycles. The van der Waals surface area contributed by atoms with Crippen LogP contribution in [0, 0.1) is 11.6 Å². The number of nitrogen functional groups attached to an aromatic ring is 1. The molecule has 0 saturated heterocycles. The highest BCUT2D eigenvalue weighted by molar-refractivity contribution is 5.68. The van der Waals surface area contributed by atoms with Gasteiger partial charge in [-0.05, 0) is 23.6 Å². The molecule has 0 aliphatic rings. The Labute approximate surface area is 117 Å². The highest BCUT2D eigenvalue weighted by Crippen LogP contribution is 2.27. The molecule has 2 rings (SSSR count). The SMILES string of the molecule is CCc1ccc(CN(C)c2cc(F)cc(F)c2N)cc1. The molecule has 0 atom stereocenters. The standard InChI is InChI=1S/C16H18F2N2/c1-3-11-4-6-12(7-5-11)10-20(2)15-9-13(17)8-14(18)16(15)19/h4-9H,3,10,19H2,1-2H3. The van der Waals surface area contributed by atoms with Gasteiger partial charge in [0, 0.05) is 19.7 Å². The van der Waals surface area contributed by atoms with E-state index in [1.165, 1.54) is 11.6 Å². The Morgan fingerprint density at radius 1 is 1.05 bits per heavy atom. The van der Waals surface area contributed by atoms with Crippen molar-refractivity contribution in [3.8, 4) is 0 Å². The molecule has 2 N–H and O–H groups in total. The summed E-state index contributed by atoms with van der Waals surface area (Å²) in [5.41, 5.74) is 8.32. The van der Waals surface area contributed by atoms with Gasteiger partial charge in [-0.25, -0.2) is 8.78 Å². The molecule has 0 bridgehead atoms. The maximum Gasteiger partial charge on any atom is 0.151 e. The van der Waals surface area contributed by atoms with Gasteiger partial charge in [-0.1, -0.05) is 31.2 Å². The zero-order valence-electron chi connectivity index (χ0n) is 11.7. The van der Waals surface area contributed by atoms with Gasteiger partial charge in [0.15, 0.2) is 5.82 Å². The number of anilines is 2. The van der Waals surface area contributed by atoms with Gasteiger partial charge in [-0.15, -0.1) is 0 Å². The number of halogens is 2. The van der Waals surface area contributed by atoms with E-state index in [9.17, 15) is 8.78 Å². The second-order valence-electron chi connectivity index (χ2n) is 4.85. The summed E-state index contributed by atoms with van der Waals surface area (Å²) in [4.78, 5) is 1.74. The van der Waals surface area contributed by atoms with Crippen LogP contribution in [0.5, 0.6) is 0 Å². The van der Waals surface area contributed by atoms with Crippen LogP contribution in [0.25, 0.3) is 0 Å². The second-order valence-corrected chi connectivity index (χ2v) is 4.85. The lowest BCUT2D eigenvalue weighted by Crippen LogP contribution is -2.18. The van der Waals surface area contributed by atoms with Gasteiger partial charge in [0.1, 0.15) is 5.82 Å². The smallest absolute Gasteiger partial charge is 0.151 e. The Hall–Kier alpha value is -2.10. The van der Waals surface area contributed by atoms with Crippen molar-refractivity contribution in [3.63, 3.8) is 0 Å². The van der Waals surface area contributed by atoms with E-state index < -0.39 is 11.6 Å². The van der Waals surface area contributed by atoms with Gasteiger partial charge in [-0.2, -0.15) is 0 Å². The van der Waals surface area contributed by atoms with Gasteiger partial charge < -0.3 is 10.6 Å². The van der Waals surface area contributed by atoms with Crippen LogP contribution in [-0.4, -0.2) is 7.05 Å². The van der Waals surface area contributed by atoms with Crippen molar-refractivity contribution in [1.82, 2.24) is 0 Å². The van der Waals surface area contributed by atoms with E-state index in [0.717, 1.165) is 18.1 Å². The average molecular weight is 276 g/mol. The minimum absolute atomic E-state index is 0.0286. The first kappa shape index (κ1) is 14.3. The molecule has 106 valence electrons. The minimum Gasteiger partial charge on any atom is -0.395 e. The van der Waals surface area contributed by atoms with Gasteiger partial charge >= 0.3 is 0 Å². The van der Waals surface area contributed by atoms with Gasteiger partial charge in [-0.3, -0.25) is 0 Å². The van der Waals surface area contributed by atoms with E-state index in [2.05, 4.69) is 19.1 Å². The molecular weight excluding hydrogens is 258 g/mol. The number of rotatable bonds is 4. The molecule has 0 aliphatic carbocycles. The molecule has 0 aromatic heterocycles. The normalized spacial score (nSPS) is 10.6. The average Bonchev–Trinajstić information content (AvgIpc) is 2.43. The van der Waals surface area contributed by atoms with Gasteiger partial charge in [0.2, 0.25) is 0 Å². The van der Waals surface area contributed by atoms with Crippen molar-refractivity contribution in [2.45, 2.75) is 19.9 Å². The maximum absolute atomic E-state index is 13.4. The quantitative estimate of drug-likeness (QED) is 0.862. The molecule has 2 aromatic rings. The zero-order valence-corrected chi connectivity index (χ0v) is 11.7. The summed E-state index contributed by atoms with van der Waals surface area (Å²) in [6.45, 7) is 2.63. The Morgan fingerprint density at radius 2 is 1.65 bits per heavy atom. The van der Waals surface area contributed by atoms with E-state index in [0.29, 0.717) is 12.2 Å². The summed E-state index contributed by atoms with van der Waals surface area (Å²) in [5, 5.41) is 0. The van der Waals surface area contributed by atoms with Crippen LogP contribution in [0.2, 0.25) is 0 Å². The van der Waals surface area contributed by atoms with Crippen molar-refractivity contribution >= 4 is 11.4 Å². The molecule has 0 radical (unpaired) electrons.